The van der Waals surface area contributed by atoms with Gasteiger partial charge in [0.2, 0.25) is 0 Å². The number of hydrogen-bond donors (Lipinski definition) is 2. The van der Waals surface area contributed by atoms with Gasteiger partial charge in [-0.05, 0) is 108 Å². The monoisotopic (exact) mass is 496 g/mol. The number of benzene rings is 1. The molecule has 0 amide bonds. The molecular weight excluding hydrogens is 436 g/mol. The molecule has 1 aromatic carbocycles. The molecule has 2 N–H and O–H groups in total. The fourth-order valence-corrected chi connectivity index (χ4v) is 7.26. The van der Waals surface area contributed by atoms with Gasteiger partial charge in [0.15, 0.2) is 0 Å². The first-order valence-electron chi connectivity index (χ1n) is 15.0. The van der Waals surface area contributed by atoms with Crippen LogP contribution in [-0.4, -0.2) is 12.1 Å². The van der Waals surface area contributed by atoms with E-state index in [1.165, 1.54) is 49.9 Å². The van der Waals surface area contributed by atoms with E-state index in [9.17, 15) is 0 Å². The average Bonchev–Trinajstić information content (AvgIpc) is 2.72. The minimum absolute atomic E-state index is 0.316. The summed E-state index contributed by atoms with van der Waals surface area (Å²) in [5, 5.41) is 7.94. The van der Waals surface area contributed by atoms with E-state index in [0.29, 0.717) is 45.6 Å². The Kier molecular flexibility index (Phi) is 8.59. The van der Waals surface area contributed by atoms with Crippen molar-refractivity contribution in [2.75, 3.05) is 10.6 Å². The second kappa shape index (κ2) is 10.5. The molecule has 2 aliphatic rings. The van der Waals surface area contributed by atoms with Gasteiger partial charge in [-0.15, -0.1) is 0 Å². The summed E-state index contributed by atoms with van der Waals surface area (Å²) in [6.45, 7) is 29.2. The Labute approximate surface area is 225 Å². The van der Waals surface area contributed by atoms with Gasteiger partial charge in [-0.2, -0.15) is 0 Å². The summed E-state index contributed by atoms with van der Waals surface area (Å²) < 4.78 is 0. The summed E-state index contributed by atoms with van der Waals surface area (Å²) in [5.41, 5.74) is 3.99. The van der Waals surface area contributed by atoms with Crippen LogP contribution in [0, 0.1) is 45.3 Å². The van der Waals surface area contributed by atoms with E-state index >= 15 is 0 Å². The number of anilines is 2. The Bertz CT molecular complexity index is 753. The van der Waals surface area contributed by atoms with Gasteiger partial charge in [-0.1, -0.05) is 83.1 Å². The van der Waals surface area contributed by atoms with Crippen LogP contribution in [0.4, 0.5) is 11.4 Å². The van der Waals surface area contributed by atoms with Crippen LogP contribution >= 0.6 is 0 Å². The predicted molar refractivity (Wildman–Crippen MR) is 161 cm³/mol. The van der Waals surface area contributed by atoms with Crippen LogP contribution < -0.4 is 10.6 Å². The van der Waals surface area contributed by atoms with Crippen molar-refractivity contribution in [3.05, 3.63) is 24.3 Å². The second-order valence-electron chi connectivity index (χ2n) is 16.8. The van der Waals surface area contributed by atoms with Crippen molar-refractivity contribution < 1.29 is 0 Å². The number of nitrogens with one attached hydrogen (secondary N) is 2. The summed E-state index contributed by atoms with van der Waals surface area (Å²) >= 11 is 0. The summed E-state index contributed by atoms with van der Waals surface area (Å²) in [5.74, 6) is 3.02. The third-order valence-electron chi connectivity index (χ3n) is 9.96. The molecule has 1 aromatic rings. The van der Waals surface area contributed by atoms with Gasteiger partial charge in [0.25, 0.3) is 0 Å². The molecule has 36 heavy (non-hydrogen) atoms. The first kappa shape index (κ1) is 29.4. The van der Waals surface area contributed by atoms with E-state index in [0.717, 1.165) is 11.8 Å². The molecular formula is C34H60N2. The lowest BCUT2D eigenvalue weighted by atomic mass is 9.61. The van der Waals surface area contributed by atoms with Crippen molar-refractivity contribution in [2.45, 2.75) is 134 Å². The zero-order valence-corrected chi connectivity index (χ0v) is 26.0. The van der Waals surface area contributed by atoms with Gasteiger partial charge in [-0.25, -0.2) is 0 Å². The topological polar surface area (TPSA) is 24.1 Å². The van der Waals surface area contributed by atoms with Crippen LogP contribution in [-0.2, 0) is 0 Å². The third-order valence-corrected chi connectivity index (χ3v) is 9.96. The highest BCUT2D eigenvalue weighted by Gasteiger charge is 2.42. The highest BCUT2D eigenvalue weighted by molar-refractivity contribution is 5.54. The van der Waals surface area contributed by atoms with E-state index in [1.807, 2.05) is 0 Å². The zero-order chi connectivity index (χ0) is 27.1. The van der Waals surface area contributed by atoms with Gasteiger partial charge in [0.05, 0.1) is 0 Å². The molecule has 3 rings (SSSR count). The van der Waals surface area contributed by atoms with Gasteiger partial charge < -0.3 is 10.6 Å². The Morgan fingerprint density at radius 1 is 0.472 bits per heavy atom. The zero-order valence-electron chi connectivity index (χ0n) is 26.0. The van der Waals surface area contributed by atoms with E-state index in [4.69, 9.17) is 0 Å². The van der Waals surface area contributed by atoms with Crippen molar-refractivity contribution >= 4 is 11.4 Å². The molecule has 0 heterocycles. The molecule has 2 heteroatoms. The first-order valence-corrected chi connectivity index (χ1v) is 15.0. The maximum Gasteiger partial charge on any atom is 0.0343 e. The molecule has 2 aliphatic carbocycles. The molecule has 0 aromatic heterocycles. The highest BCUT2D eigenvalue weighted by Crippen LogP contribution is 2.48. The van der Waals surface area contributed by atoms with E-state index in [2.05, 4.69) is 118 Å². The van der Waals surface area contributed by atoms with Crippen molar-refractivity contribution in [3.8, 4) is 0 Å². The van der Waals surface area contributed by atoms with Crippen LogP contribution in [0.15, 0.2) is 24.3 Å². The van der Waals surface area contributed by atoms with Crippen molar-refractivity contribution in [1.82, 2.24) is 0 Å². The van der Waals surface area contributed by atoms with Crippen molar-refractivity contribution in [2.24, 2.45) is 45.3 Å². The molecule has 6 unspecified atom stereocenters. The quantitative estimate of drug-likeness (QED) is 0.433. The second-order valence-corrected chi connectivity index (χ2v) is 16.8. The van der Waals surface area contributed by atoms with E-state index in [1.54, 1.807) is 0 Å². The van der Waals surface area contributed by atoms with Crippen LogP contribution in [0.2, 0.25) is 0 Å². The molecule has 0 bridgehead atoms. The molecule has 2 saturated carbocycles. The van der Waals surface area contributed by atoms with Crippen LogP contribution in [0.3, 0.4) is 0 Å². The fourth-order valence-electron chi connectivity index (χ4n) is 7.26. The largest absolute Gasteiger partial charge is 0.382 e. The standard InChI is InChI=1S/C34H60N2/c1-31(2,3)23-13-19-29(27(21-23)33(7,8)9)35-25-15-17-26(18-16-25)36-30-20-14-24(32(4,5)6)22-28(30)34(10,11)12/h15-18,23-24,27-30,35-36H,13-14,19-22H2,1-12H3. The normalized spacial score (nSPS) is 30.7. The molecule has 2 nitrogen and oxygen atoms in total. The Balaban J connectivity index is 1.67. The van der Waals surface area contributed by atoms with Crippen molar-refractivity contribution in [3.63, 3.8) is 0 Å². The predicted octanol–water partition coefficient (Wildman–Crippen LogP) is 10.3. The van der Waals surface area contributed by atoms with Gasteiger partial charge >= 0.3 is 0 Å². The summed E-state index contributed by atoms with van der Waals surface area (Å²) in [4.78, 5) is 0. The molecule has 0 radical (unpaired) electrons. The molecule has 0 saturated heterocycles. The Morgan fingerprint density at radius 2 is 0.778 bits per heavy atom. The number of rotatable bonds is 4. The van der Waals surface area contributed by atoms with Crippen LogP contribution in [0.25, 0.3) is 0 Å². The fraction of sp³-hybridized carbons (Fsp3) is 0.824. The van der Waals surface area contributed by atoms with Crippen LogP contribution in [0.1, 0.15) is 122 Å². The van der Waals surface area contributed by atoms with Crippen molar-refractivity contribution in [1.29, 1.82) is 0 Å². The molecule has 0 aliphatic heterocycles. The summed E-state index contributed by atoms with van der Waals surface area (Å²) in [7, 11) is 0. The molecule has 0 spiro atoms. The average molecular weight is 497 g/mol. The number of hydrogen-bond acceptors (Lipinski definition) is 2. The Morgan fingerprint density at radius 3 is 1.03 bits per heavy atom. The lowest BCUT2D eigenvalue weighted by molar-refractivity contribution is 0.0725. The smallest absolute Gasteiger partial charge is 0.0343 e. The maximum atomic E-state index is 3.97. The maximum absolute atomic E-state index is 3.97. The van der Waals surface area contributed by atoms with E-state index in [-0.39, 0.29) is 0 Å². The molecule has 2 fully saturated rings. The Hall–Kier alpha value is -1.18. The van der Waals surface area contributed by atoms with E-state index < -0.39 is 0 Å². The third kappa shape index (κ3) is 7.44. The van der Waals surface area contributed by atoms with Gasteiger partial charge in [0, 0.05) is 23.5 Å². The molecule has 6 atom stereocenters. The van der Waals surface area contributed by atoms with Gasteiger partial charge in [0.1, 0.15) is 0 Å². The SMILES string of the molecule is CC(C)(C)C1CCC(Nc2ccc(NC3CCC(C(C)(C)C)CC3C(C)(C)C)cc2)C(C(C)(C)C)C1. The lowest BCUT2D eigenvalue weighted by Gasteiger charge is -2.47. The van der Waals surface area contributed by atoms with Crippen LogP contribution in [0.5, 0.6) is 0 Å². The van der Waals surface area contributed by atoms with Gasteiger partial charge in [-0.3, -0.25) is 0 Å². The lowest BCUT2D eigenvalue weighted by Crippen LogP contribution is -2.44. The summed E-state index contributed by atoms with van der Waals surface area (Å²) in [6.07, 6.45) is 7.87. The molecule has 206 valence electrons. The minimum Gasteiger partial charge on any atom is -0.382 e. The summed E-state index contributed by atoms with van der Waals surface area (Å²) in [6, 6.07) is 10.4. The first-order chi connectivity index (χ1) is 16.4. The highest BCUT2D eigenvalue weighted by atomic mass is 15.0. The minimum atomic E-state index is 0.316.